The lowest BCUT2D eigenvalue weighted by molar-refractivity contribution is -0.305. The van der Waals surface area contributed by atoms with Crippen molar-refractivity contribution in [2.75, 3.05) is 13.2 Å². The van der Waals surface area contributed by atoms with Crippen molar-refractivity contribution >= 4 is 0 Å². The second-order valence-corrected chi connectivity index (χ2v) is 9.71. The summed E-state index contributed by atoms with van der Waals surface area (Å²) in [6.45, 7) is 10.5. The van der Waals surface area contributed by atoms with Gasteiger partial charge in [-0.3, -0.25) is 0 Å². The van der Waals surface area contributed by atoms with E-state index >= 15 is 0 Å². The van der Waals surface area contributed by atoms with Crippen molar-refractivity contribution in [2.45, 2.75) is 83.3 Å². The van der Waals surface area contributed by atoms with Crippen LogP contribution in [0.3, 0.4) is 0 Å². The van der Waals surface area contributed by atoms with Crippen molar-refractivity contribution in [3.8, 4) is 0 Å². The monoisotopic (exact) mass is 400 g/mol. The third kappa shape index (κ3) is 3.55. The number of aliphatic hydroxyl groups excluding tert-OH is 5. The Balaban J connectivity index is 1.75. The molecule has 0 aromatic heterocycles. The van der Waals surface area contributed by atoms with Crippen molar-refractivity contribution in [2.24, 2.45) is 22.7 Å². The summed E-state index contributed by atoms with van der Waals surface area (Å²) < 4.78 is 11.4. The molecule has 0 radical (unpaired) electrons. The average Bonchev–Trinajstić information content (AvgIpc) is 2.64. The molecule has 7 nitrogen and oxygen atoms in total. The minimum atomic E-state index is -1.45. The van der Waals surface area contributed by atoms with E-state index in [1.54, 1.807) is 0 Å². The van der Waals surface area contributed by atoms with Gasteiger partial charge in [0.1, 0.15) is 24.4 Å². The normalized spacial score (nSPS) is 48.9. The number of hydrogen-bond donors (Lipinski definition) is 5. The third-order valence-corrected chi connectivity index (χ3v) is 7.83. The Morgan fingerprint density at radius 1 is 1.07 bits per heavy atom. The molecule has 1 heterocycles. The molecule has 1 saturated heterocycles. The lowest BCUT2D eigenvalue weighted by atomic mass is 9.47. The van der Waals surface area contributed by atoms with E-state index in [9.17, 15) is 25.5 Å². The number of rotatable bonds is 4. The van der Waals surface area contributed by atoms with Crippen LogP contribution in [0.4, 0.5) is 0 Å². The van der Waals surface area contributed by atoms with Crippen molar-refractivity contribution in [3.63, 3.8) is 0 Å². The summed E-state index contributed by atoms with van der Waals surface area (Å²) in [6.07, 6.45) is -3.25. The van der Waals surface area contributed by atoms with E-state index in [-0.39, 0.29) is 29.5 Å². The number of hydrogen-bond acceptors (Lipinski definition) is 7. The molecule has 0 amide bonds. The van der Waals surface area contributed by atoms with Crippen LogP contribution in [-0.2, 0) is 9.47 Å². The highest BCUT2D eigenvalue weighted by Crippen LogP contribution is 2.60. The standard InChI is InChI=1S/C21H36O7/c1-11-5-6-14-20(2,3)15(23)7-8-21(14,4)12(11)10-27-19-18(26)17(25)16(24)13(9-22)28-19/h12-19,22-26H,1,5-10H2,2-4H3. The van der Waals surface area contributed by atoms with Crippen LogP contribution in [-0.4, -0.2) is 75.6 Å². The predicted octanol–water partition coefficient (Wildman–Crippen LogP) is 0.572. The summed E-state index contributed by atoms with van der Waals surface area (Å²) >= 11 is 0. The van der Waals surface area contributed by atoms with Gasteiger partial charge >= 0.3 is 0 Å². The molecule has 2 aliphatic carbocycles. The van der Waals surface area contributed by atoms with Gasteiger partial charge in [-0.15, -0.1) is 0 Å². The molecule has 28 heavy (non-hydrogen) atoms. The Labute approximate surface area is 167 Å². The number of ether oxygens (including phenoxy) is 2. The Morgan fingerprint density at radius 2 is 1.75 bits per heavy atom. The van der Waals surface area contributed by atoms with Crippen LogP contribution < -0.4 is 0 Å². The molecule has 0 aromatic rings. The molecule has 5 N–H and O–H groups in total. The SMILES string of the molecule is C=C1CCC2C(C)(C)C(O)CCC2(C)C1COC1OC(CO)C(O)C(O)C1O. The molecule has 162 valence electrons. The first kappa shape index (κ1) is 22.2. The maximum Gasteiger partial charge on any atom is 0.186 e. The highest BCUT2D eigenvalue weighted by molar-refractivity contribution is 5.17. The lowest BCUT2D eigenvalue weighted by Crippen LogP contribution is -2.60. The van der Waals surface area contributed by atoms with Gasteiger partial charge < -0.3 is 35.0 Å². The molecule has 2 saturated carbocycles. The van der Waals surface area contributed by atoms with E-state index in [0.717, 1.165) is 31.3 Å². The Kier molecular flexibility index (Phi) is 6.29. The number of fused-ring (bicyclic) bond motifs is 1. The molecule has 9 atom stereocenters. The van der Waals surface area contributed by atoms with Crippen molar-refractivity contribution in [1.82, 2.24) is 0 Å². The molecule has 0 bridgehead atoms. The van der Waals surface area contributed by atoms with E-state index in [1.165, 1.54) is 0 Å². The largest absolute Gasteiger partial charge is 0.394 e. The first-order valence-electron chi connectivity index (χ1n) is 10.3. The van der Waals surface area contributed by atoms with Crippen LogP contribution in [0, 0.1) is 22.7 Å². The molecule has 3 fully saturated rings. The van der Waals surface area contributed by atoms with Gasteiger partial charge in [-0.2, -0.15) is 0 Å². The zero-order chi connectivity index (χ0) is 20.9. The molecule has 3 aliphatic rings. The van der Waals surface area contributed by atoms with Crippen LogP contribution >= 0.6 is 0 Å². The molecule has 9 unspecified atom stereocenters. The molecule has 3 rings (SSSR count). The van der Waals surface area contributed by atoms with Gasteiger partial charge in [0.15, 0.2) is 6.29 Å². The first-order chi connectivity index (χ1) is 13.0. The Morgan fingerprint density at radius 3 is 2.39 bits per heavy atom. The van der Waals surface area contributed by atoms with Crippen LogP contribution in [0.5, 0.6) is 0 Å². The van der Waals surface area contributed by atoms with Gasteiger partial charge in [0.25, 0.3) is 0 Å². The summed E-state index contributed by atoms with van der Waals surface area (Å²) in [6, 6.07) is 0. The lowest BCUT2D eigenvalue weighted by Gasteiger charge is -2.59. The second-order valence-electron chi connectivity index (χ2n) is 9.71. The molecule has 0 spiro atoms. The van der Waals surface area contributed by atoms with E-state index in [2.05, 4.69) is 27.4 Å². The van der Waals surface area contributed by atoms with Crippen LogP contribution in [0.25, 0.3) is 0 Å². The smallest absolute Gasteiger partial charge is 0.186 e. The Hall–Kier alpha value is -0.540. The maximum atomic E-state index is 10.5. The predicted molar refractivity (Wildman–Crippen MR) is 102 cm³/mol. The zero-order valence-electron chi connectivity index (χ0n) is 17.1. The Bertz CT molecular complexity index is 577. The molecule has 1 aliphatic heterocycles. The molecule has 7 heteroatoms. The summed E-state index contributed by atoms with van der Waals surface area (Å²) in [5.74, 6) is 0.350. The quantitative estimate of drug-likeness (QED) is 0.438. The fraction of sp³-hybridized carbons (Fsp3) is 0.905. The van der Waals surface area contributed by atoms with E-state index in [4.69, 9.17) is 9.47 Å². The van der Waals surface area contributed by atoms with E-state index < -0.39 is 37.3 Å². The highest BCUT2D eigenvalue weighted by Gasteiger charge is 2.56. The maximum absolute atomic E-state index is 10.5. The van der Waals surface area contributed by atoms with Gasteiger partial charge in [-0.25, -0.2) is 0 Å². The summed E-state index contributed by atoms with van der Waals surface area (Å²) in [7, 11) is 0. The van der Waals surface area contributed by atoms with Crippen LogP contribution in [0.1, 0.15) is 46.5 Å². The van der Waals surface area contributed by atoms with Crippen LogP contribution in [0.2, 0.25) is 0 Å². The van der Waals surface area contributed by atoms with Crippen molar-refractivity contribution in [3.05, 3.63) is 12.2 Å². The van der Waals surface area contributed by atoms with Gasteiger partial charge in [0, 0.05) is 5.92 Å². The molecule has 0 aromatic carbocycles. The average molecular weight is 401 g/mol. The van der Waals surface area contributed by atoms with Gasteiger partial charge in [0.2, 0.25) is 0 Å². The summed E-state index contributed by atoms with van der Waals surface area (Å²) in [4.78, 5) is 0. The van der Waals surface area contributed by atoms with Gasteiger partial charge in [-0.05, 0) is 42.4 Å². The third-order valence-electron chi connectivity index (χ3n) is 7.83. The first-order valence-corrected chi connectivity index (χ1v) is 10.3. The van der Waals surface area contributed by atoms with Gasteiger partial charge in [-0.1, -0.05) is 32.9 Å². The van der Waals surface area contributed by atoms with Gasteiger partial charge in [0.05, 0.1) is 19.3 Å². The van der Waals surface area contributed by atoms with E-state index in [1.807, 2.05) is 0 Å². The minimum absolute atomic E-state index is 0.0328. The van der Waals surface area contributed by atoms with E-state index in [0.29, 0.717) is 5.92 Å². The molecular weight excluding hydrogens is 364 g/mol. The minimum Gasteiger partial charge on any atom is -0.394 e. The van der Waals surface area contributed by atoms with Crippen LogP contribution in [0.15, 0.2) is 12.2 Å². The zero-order valence-corrected chi connectivity index (χ0v) is 17.1. The fourth-order valence-corrected chi connectivity index (χ4v) is 5.87. The highest BCUT2D eigenvalue weighted by atomic mass is 16.7. The topological polar surface area (TPSA) is 120 Å². The number of aliphatic hydroxyl groups is 5. The second kappa shape index (κ2) is 7.95. The van der Waals surface area contributed by atoms with Crippen molar-refractivity contribution in [1.29, 1.82) is 0 Å². The van der Waals surface area contributed by atoms with Crippen molar-refractivity contribution < 1.29 is 35.0 Å². The summed E-state index contributed by atoms with van der Waals surface area (Å²) in [5.41, 5.74) is 0.803. The fourth-order valence-electron chi connectivity index (χ4n) is 5.87. The summed E-state index contributed by atoms with van der Waals surface area (Å²) in [5, 5.41) is 50.0. The molecular formula is C21H36O7.